The fourth-order valence-corrected chi connectivity index (χ4v) is 3.99. The van der Waals surface area contributed by atoms with Crippen LogP contribution in [0.2, 0.25) is 5.02 Å². The smallest absolute Gasteiger partial charge is 0.152 e. The van der Waals surface area contributed by atoms with Crippen LogP contribution in [0.5, 0.6) is 5.75 Å². The fraction of sp³-hybridized carbons (Fsp3) is 0.208. The van der Waals surface area contributed by atoms with Gasteiger partial charge in [0.15, 0.2) is 5.82 Å². The third-order valence-electron chi connectivity index (χ3n) is 5.65. The molecule has 2 aromatic carbocycles. The van der Waals surface area contributed by atoms with Gasteiger partial charge >= 0.3 is 0 Å². The normalized spacial score (nSPS) is 13.3. The molecule has 32 heavy (non-hydrogen) atoms. The van der Waals surface area contributed by atoms with Crippen molar-refractivity contribution in [2.75, 3.05) is 5.73 Å². The van der Waals surface area contributed by atoms with Gasteiger partial charge in [0.25, 0.3) is 0 Å². The number of aromatic nitrogens is 3. The lowest BCUT2D eigenvalue weighted by molar-refractivity contribution is 0.302. The van der Waals surface area contributed by atoms with Crippen LogP contribution >= 0.6 is 11.6 Å². The molecule has 0 aliphatic heterocycles. The number of ether oxygens (including phenoxy) is 1. The first-order valence-electron chi connectivity index (χ1n) is 10.2. The summed E-state index contributed by atoms with van der Waals surface area (Å²) in [5.74, 6) is 0.0533. The van der Waals surface area contributed by atoms with Crippen molar-refractivity contribution in [2.24, 2.45) is 7.05 Å². The molecular formula is C24H19ClFN5O. The molecule has 0 saturated heterocycles. The van der Waals surface area contributed by atoms with Crippen molar-refractivity contribution in [1.29, 1.82) is 5.26 Å². The maximum absolute atomic E-state index is 15.4. The van der Waals surface area contributed by atoms with Gasteiger partial charge in [-0.1, -0.05) is 23.7 Å². The van der Waals surface area contributed by atoms with Gasteiger partial charge in [0, 0.05) is 24.1 Å². The molecule has 0 bridgehead atoms. The van der Waals surface area contributed by atoms with Crippen LogP contribution < -0.4 is 10.5 Å². The van der Waals surface area contributed by atoms with E-state index in [1.807, 2.05) is 31.2 Å². The van der Waals surface area contributed by atoms with Gasteiger partial charge in [0.1, 0.15) is 23.2 Å². The standard InChI is InChI=1S/C24H19ClFN5O/c1-12-7-14-4-3-13(8-19(14)30-24(12)28)17-11-29-31(2)23(17)21-16(10-27)20(32-15-5-6-15)9-18(25)22(21)26/h3-4,7-9,11,15H,5-6H2,1-2H3,(H2,28,30). The van der Waals surface area contributed by atoms with E-state index in [-0.39, 0.29) is 28.0 Å². The minimum atomic E-state index is -0.685. The first-order chi connectivity index (χ1) is 15.4. The molecular weight excluding hydrogens is 429 g/mol. The zero-order valence-electron chi connectivity index (χ0n) is 17.5. The quantitative estimate of drug-likeness (QED) is 0.452. The lowest BCUT2D eigenvalue weighted by atomic mass is 9.96. The summed E-state index contributed by atoms with van der Waals surface area (Å²) in [5.41, 5.74) is 9.62. The summed E-state index contributed by atoms with van der Waals surface area (Å²) in [7, 11) is 1.70. The first-order valence-corrected chi connectivity index (χ1v) is 10.5. The molecule has 1 aliphatic rings. The number of halogens is 2. The minimum absolute atomic E-state index is 0.0305. The number of nitrogens with zero attached hydrogens (tertiary/aromatic N) is 4. The second kappa shape index (κ2) is 7.50. The van der Waals surface area contributed by atoms with Crippen LogP contribution in [0.4, 0.5) is 10.2 Å². The van der Waals surface area contributed by atoms with Gasteiger partial charge < -0.3 is 10.5 Å². The van der Waals surface area contributed by atoms with E-state index in [0.29, 0.717) is 22.6 Å². The highest BCUT2D eigenvalue weighted by Crippen LogP contribution is 2.43. The van der Waals surface area contributed by atoms with Gasteiger partial charge in [-0.15, -0.1) is 0 Å². The molecule has 1 aliphatic carbocycles. The molecule has 8 heteroatoms. The maximum atomic E-state index is 15.4. The summed E-state index contributed by atoms with van der Waals surface area (Å²) in [5, 5.41) is 15.1. The van der Waals surface area contributed by atoms with E-state index in [4.69, 9.17) is 22.1 Å². The van der Waals surface area contributed by atoms with Gasteiger partial charge in [-0.2, -0.15) is 10.4 Å². The highest BCUT2D eigenvalue weighted by molar-refractivity contribution is 6.31. The summed E-state index contributed by atoms with van der Waals surface area (Å²) in [6.45, 7) is 1.90. The Morgan fingerprint density at radius 2 is 2.06 bits per heavy atom. The number of rotatable bonds is 4. The number of aryl methyl sites for hydroxylation is 2. The molecule has 2 N–H and O–H groups in total. The molecule has 0 radical (unpaired) electrons. The summed E-state index contributed by atoms with van der Waals surface area (Å²) in [4.78, 5) is 4.47. The number of benzene rings is 2. The van der Waals surface area contributed by atoms with Crippen LogP contribution in [0.3, 0.4) is 0 Å². The first kappa shape index (κ1) is 20.3. The Hall–Kier alpha value is -3.63. The van der Waals surface area contributed by atoms with E-state index in [1.165, 1.54) is 10.7 Å². The van der Waals surface area contributed by atoms with Crippen molar-refractivity contribution in [3.05, 3.63) is 58.5 Å². The largest absolute Gasteiger partial charge is 0.489 e. The van der Waals surface area contributed by atoms with Crippen LogP contribution in [0.25, 0.3) is 33.3 Å². The number of nitrogens with two attached hydrogens (primary N) is 1. The number of anilines is 1. The van der Waals surface area contributed by atoms with E-state index >= 15 is 4.39 Å². The van der Waals surface area contributed by atoms with Gasteiger partial charge in [-0.25, -0.2) is 9.37 Å². The molecule has 0 unspecified atom stereocenters. The zero-order valence-corrected chi connectivity index (χ0v) is 18.2. The highest BCUT2D eigenvalue weighted by atomic mass is 35.5. The van der Waals surface area contributed by atoms with E-state index in [2.05, 4.69) is 16.2 Å². The molecule has 2 heterocycles. The number of nitriles is 1. The Morgan fingerprint density at radius 1 is 1.28 bits per heavy atom. The fourth-order valence-electron chi connectivity index (χ4n) is 3.80. The van der Waals surface area contributed by atoms with E-state index in [1.54, 1.807) is 13.2 Å². The number of pyridine rings is 1. The molecule has 2 aromatic heterocycles. The number of hydrogen-bond donors (Lipinski definition) is 1. The molecule has 4 aromatic rings. The second-order valence-corrected chi connectivity index (χ2v) is 8.39. The van der Waals surface area contributed by atoms with Gasteiger partial charge in [0.2, 0.25) is 0 Å². The lowest BCUT2D eigenvalue weighted by Gasteiger charge is -2.15. The number of hydrogen-bond acceptors (Lipinski definition) is 5. The molecule has 6 nitrogen and oxygen atoms in total. The molecule has 160 valence electrons. The average Bonchev–Trinajstić information content (AvgIpc) is 3.50. The van der Waals surface area contributed by atoms with Crippen LogP contribution in [0.1, 0.15) is 24.0 Å². The minimum Gasteiger partial charge on any atom is -0.489 e. The molecule has 5 rings (SSSR count). The van der Waals surface area contributed by atoms with Crippen LogP contribution in [0, 0.1) is 24.1 Å². The zero-order chi connectivity index (χ0) is 22.6. The topological polar surface area (TPSA) is 89.8 Å². The van der Waals surface area contributed by atoms with Crippen LogP contribution in [0.15, 0.2) is 36.5 Å². The predicted molar refractivity (Wildman–Crippen MR) is 122 cm³/mol. The monoisotopic (exact) mass is 447 g/mol. The lowest BCUT2D eigenvalue weighted by Crippen LogP contribution is -2.04. The van der Waals surface area contributed by atoms with Crippen molar-refractivity contribution in [2.45, 2.75) is 25.9 Å². The van der Waals surface area contributed by atoms with Crippen LogP contribution in [-0.2, 0) is 7.05 Å². The average molecular weight is 448 g/mol. The van der Waals surface area contributed by atoms with Crippen molar-refractivity contribution in [3.8, 4) is 34.2 Å². The Balaban J connectivity index is 1.73. The number of nitrogen functional groups attached to an aromatic ring is 1. The molecule has 1 saturated carbocycles. The Bertz CT molecular complexity index is 1440. The third-order valence-corrected chi connectivity index (χ3v) is 5.92. The predicted octanol–water partition coefficient (Wildman–Crippen LogP) is 5.40. The highest BCUT2D eigenvalue weighted by Gasteiger charge is 2.29. The molecule has 0 amide bonds. The van der Waals surface area contributed by atoms with Crippen molar-refractivity contribution < 1.29 is 9.13 Å². The second-order valence-electron chi connectivity index (χ2n) is 7.98. The van der Waals surface area contributed by atoms with Gasteiger partial charge in [-0.05, 0) is 43.0 Å². The van der Waals surface area contributed by atoms with E-state index in [9.17, 15) is 5.26 Å². The molecule has 1 fully saturated rings. The molecule has 0 atom stereocenters. The van der Waals surface area contributed by atoms with Gasteiger partial charge in [0.05, 0.1) is 34.1 Å². The summed E-state index contributed by atoms with van der Waals surface area (Å²) < 4.78 is 22.8. The third kappa shape index (κ3) is 3.33. The Morgan fingerprint density at radius 3 is 2.78 bits per heavy atom. The van der Waals surface area contributed by atoms with E-state index in [0.717, 1.165) is 29.4 Å². The summed E-state index contributed by atoms with van der Waals surface area (Å²) >= 11 is 6.21. The van der Waals surface area contributed by atoms with E-state index < -0.39 is 5.82 Å². The SMILES string of the molecule is Cc1cc2ccc(-c3cnn(C)c3-c3c(F)c(Cl)cc(OC4CC4)c3C#N)cc2nc1N. The van der Waals surface area contributed by atoms with Crippen molar-refractivity contribution in [3.63, 3.8) is 0 Å². The van der Waals surface area contributed by atoms with Crippen molar-refractivity contribution >= 4 is 28.3 Å². The summed E-state index contributed by atoms with van der Waals surface area (Å²) in [6.07, 6.45) is 3.47. The summed E-state index contributed by atoms with van der Waals surface area (Å²) in [6, 6.07) is 11.2. The molecule has 0 spiro atoms. The van der Waals surface area contributed by atoms with Crippen molar-refractivity contribution in [1.82, 2.24) is 14.8 Å². The Labute approximate surface area is 189 Å². The van der Waals surface area contributed by atoms with Crippen LogP contribution in [-0.4, -0.2) is 20.9 Å². The Kier molecular flexibility index (Phi) is 4.75. The number of fused-ring (bicyclic) bond motifs is 1. The van der Waals surface area contributed by atoms with Gasteiger partial charge in [-0.3, -0.25) is 4.68 Å². The maximum Gasteiger partial charge on any atom is 0.152 e.